The summed E-state index contributed by atoms with van der Waals surface area (Å²) in [5.74, 6) is 0.638. The summed E-state index contributed by atoms with van der Waals surface area (Å²) in [6.45, 7) is 1.35. The SMILES string of the molecule is COc1ncccc1CNCc1cc(Cl)cc(Cl)c1. The largest absolute Gasteiger partial charge is 0.481 e. The first-order valence-corrected chi connectivity index (χ1v) is 6.58. The third-order valence-electron chi connectivity index (χ3n) is 2.61. The first-order valence-electron chi connectivity index (χ1n) is 5.82. The van der Waals surface area contributed by atoms with Gasteiger partial charge in [-0.25, -0.2) is 4.98 Å². The van der Waals surface area contributed by atoms with Crippen LogP contribution in [0.15, 0.2) is 36.5 Å². The molecule has 2 rings (SSSR count). The average Bonchev–Trinajstić information content (AvgIpc) is 2.38. The van der Waals surface area contributed by atoms with E-state index in [9.17, 15) is 0 Å². The van der Waals surface area contributed by atoms with Gasteiger partial charge in [-0.3, -0.25) is 0 Å². The zero-order valence-corrected chi connectivity index (χ0v) is 12.0. The van der Waals surface area contributed by atoms with Crippen molar-refractivity contribution in [2.75, 3.05) is 7.11 Å². The van der Waals surface area contributed by atoms with Gasteiger partial charge in [0.1, 0.15) is 0 Å². The molecule has 100 valence electrons. The van der Waals surface area contributed by atoms with Crippen molar-refractivity contribution < 1.29 is 4.74 Å². The van der Waals surface area contributed by atoms with Crippen LogP contribution < -0.4 is 10.1 Å². The molecule has 0 amide bonds. The fraction of sp³-hybridized carbons (Fsp3) is 0.214. The highest BCUT2D eigenvalue weighted by molar-refractivity contribution is 6.34. The highest BCUT2D eigenvalue weighted by Gasteiger charge is 2.03. The van der Waals surface area contributed by atoms with Gasteiger partial charge in [-0.2, -0.15) is 0 Å². The van der Waals surface area contributed by atoms with Crippen molar-refractivity contribution in [1.82, 2.24) is 10.3 Å². The quantitative estimate of drug-likeness (QED) is 0.914. The number of aromatic nitrogens is 1. The van der Waals surface area contributed by atoms with Crippen LogP contribution >= 0.6 is 23.2 Å². The summed E-state index contributed by atoms with van der Waals surface area (Å²) < 4.78 is 5.19. The molecule has 1 aromatic carbocycles. The van der Waals surface area contributed by atoms with Crippen molar-refractivity contribution in [2.24, 2.45) is 0 Å². The number of ether oxygens (including phenoxy) is 1. The molecule has 0 radical (unpaired) electrons. The smallest absolute Gasteiger partial charge is 0.217 e. The van der Waals surface area contributed by atoms with Gasteiger partial charge in [0.15, 0.2) is 0 Å². The van der Waals surface area contributed by atoms with E-state index >= 15 is 0 Å². The second kappa shape index (κ2) is 6.75. The lowest BCUT2D eigenvalue weighted by Crippen LogP contribution is -2.13. The fourth-order valence-corrected chi connectivity index (χ4v) is 2.37. The van der Waals surface area contributed by atoms with Crippen molar-refractivity contribution in [1.29, 1.82) is 0 Å². The summed E-state index contributed by atoms with van der Waals surface area (Å²) in [7, 11) is 1.61. The molecule has 0 bridgehead atoms. The Hall–Kier alpha value is -1.29. The molecule has 0 spiro atoms. The van der Waals surface area contributed by atoms with Gasteiger partial charge in [0, 0.05) is 34.9 Å². The van der Waals surface area contributed by atoms with E-state index in [2.05, 4.69) is 10.3 Å². The normalized spacial score (nSPS) is 10.5. The van der Waals surface area contributed by atoms with Gasteiger partial charge in [0.2, 0.25) is 5.88 Å². The molecule has 0 aliphatic rings. The van der Waals surface area contributed by atoms with Crippen LogP contribution in [0.1, 0.15) is 11.1 Å². The number of nitrogens with one attached hydrogen (secondary N) is 1. The number of hydrogen-bond acceptors (Lipinski definition) is 3. The van der Waals surface area contributed by atoms with E-state index in [4.69, 9.17) is 27.9 Å². The molecule has 2 aromatic rings. The Labute approximate surface area is 122 Å². The van der Waals surface area contributed by atoms with Crippen LogP contribution in [0, 0.1) is 0 Å². The Morgan fingerprint density at radius 3 is 2.58 bits per heavy atom. The van der Waals surface area contributed by atoms with E-state index in [0.717, 1.165) is 11.1 Å². The first kappa shape index (κ1) is 14.1. The van der Waals surface area contributed by atoms with Crippen molar-refractivity contribution in [3.63, 3.8) is 0 Å². The van der Waals surface area contributed by atoms with Crippen molar-refractivity contribution in [3.05, 3.63) is 57.7 Å². The second-order valence-corrected chi connectivity index (χ2v) is 4.93. The van der Waals surface area contributed by atoms with Gasteiger partial charge in [0.05, 0.1) is 7.11 Å². The van der Waals surface area contributed by atoms with Crippen LogP contribution in [0.4, 0.5) is 0 Å². The Morgan fingerprint density at radius 1 is 1.16 bits per heavy atom. The molecule has 0 fully saturated rings. The lowest BCUT2D eigenvalue weighted by molar-refractivity contribution is 0.390. The molecule has 0 unspecified atom stereocenters. The summed E-state index contributed by atoms with van der Waals surface area (Å²) in [6, 6.07) is 9.36. The molecule has 0 saturated heterocycles. The molecular weight excluding hydrogens is 283 g/mol. The monoisotopic (exact) mass is 296 g/mol. The standard InChI is InChI=1S/C14H14Cl2N2O/c1-19-14-11(3-2-4-18-14)9-17-8-10-5-12(15)7-13(16)6-10/h2-7,17H,8-9H2,1H3. The molecular formula is C14H14Cl2N2O. The Morgan fingerprint density at radius 2 is 1.89 bits per heavy atom. The lowest BCUT2D eigenvalue weighted by atomic mass is 10.2. The predicted octanol–water partition coefficient (Wildman–Crippen LogP) is 3.69. The van der Waals surface area contributed by atoms with Gasteiger partial charge >= 0.3 is 0 Å². The second-order valence-electron chi connectivity index (χ2n) is 4.05. The molecule has 3 nitrogen and oxygen atoms in total. The van der Waals surface area contributed by atoms with Gasteiger partial charge in [-0.05, 0) is 29.8 Å². The zero-order valence-electron chi connectivity index (χ0n) is 10.5. The minimum absolute atomic E-state index is 0.638. The Balaban J connectivity index is 1.96. The summed E-state index contributed by atoms with van der Waals surface area (Å²) in [5, 5.41) is 4.59. The van der Waals surface area contributed by atoms with Gasteiger partial charge < -0.3 is 10.1 Å². The van der Waals surface area contributed by atoms with Gasteiger partial charge in [-0.1, -0.05) is 29.3 Å². The maximum atomic E-state index is 5.95. The summed E-state index contributed by atoms with van der Waals surface area (Å²) in [5.41, 5.74) is 2.05. The molecule has 1 heterocycles. The third kappa shape index (κ3) is 4.10. The van der Waals surface area contributed by atoms with Crippen molar-refractivity contribution in [2.45, 2.75) is 13.1 Å². The molecule has 0 aliphatic heterocycles. The summed E-state index contributed by atoms with van der Waals surface area (Å²) in [4.78, 5) is 4.15. The highest BCUT2D eigenvalue weighted by Crippen LogP contribution is 2.19. The van der Waals surface area contributed by atoms with E-state index in [0.29, 0.717) is 29.0 Å². The molecule has 19 heavy (non-hydrogen) atoms. The van der Waals surface area contributed by atoms with E-state index in [1.807, 2.05) is 24.3 Å². The van der Waals surface area contributed by atoms with Crippen LogP contribution in [0.2, 0.25) is 10.0 Å². The van der Waals surface area contributed by atoms with Crippen molar-refractivity contribution >= 4 is 23.2 Å². The molecule has 1 N–H and O–H groups in total. The minimum Gasteiger partial charge on any atom is -0.481 e. The minimum atomic E-state index is 0.638. The molecule has 0 saturated carbocycles. The zero-order chi connectivity index (χ0) is 13.7. The maximum absolute atomic E-state index is 5.95. The average molecular weight is 297 g/mol. The number of methoxy groups -OCH3 is 1. The number of pyridine rings is 1. The van der Waals surface area contributed by atoms with E-state index in [1.54, 1.807) is 19.4 Å². The van der Waals surface area contributed by atoms with Crippen LogP contribution in [-0.2, 0) is 13.1 Å². The Kier molecular flexibility index (Phi) is 5.02. The number of rotatable bonds is 5. The van der Waals surface area contributed by atoms with Gasteiger partial charge in [-0.15, -0.1) is 0 Å². The first-order chi connectivity index (χ1) is 9.19. The third-order valence-corrected chi connectivity index (χ3v) is 3.05. The number of hydrogen-bond donors (Lipinski definition) is 1. The topological polar surface area (TPSA) is 34.1 Å². The van der Waals surface area contributed by atoms with Gasteiger partial charge in [0.25, 0.3) is 0 Å². The fourth-order valence-electron chi connectivity index (χ4n) is 1.80. The van der Waals surface area contributed by atoms with E-state index in [-0.39, 0.29) is 0 Å². The van der Waals surface area contributed by atoms with Crippen LogP contribution in [0.25, 0.3) is 0 Å². The van der Waals surface area contributed by atoms with Crippen LogP contribution in [-0.4, -0.2) is 12.1 Å². The molecule has 0 atom stereocenters. The summed E-state index contributed by atoms with van der Waals surface area (Å²) >= 11 is 11.9. The highest BCUT2D eigenvalue weighted by atomic mass is 35.5. The number of nitrogens with zero attached hydrogens (tertiary/aromatic N) is 1. The summed E-state index contributed by atoms with van der Waals surface area (Å²) in [6.07, 6.45) is 1.71. The van der Waals surface area contributed by atoms with Crippen molar-refractivity contribution in [3.8, 4) is 5.88 Å². The molecule has 1 aromatic heterocycles. The molecule has 5 heteroatoms. The number of halogens is 2. The lowest BCUT2D eigenvalue weighted by Gasteiger charge is -2.09. The molecule has 0 aliphatic carbocycles. The van der Waals surface area contributed by atoms with E-state index in [1.165, 1.54) is 0 Å². The van der Waals surface area contributed by atoms with Crippen LogP contribution in [0.5, 0.6) is 5.88 Å². The maximum Gasteiger partial charge on any atom is 0.217 e. The number of benzene rings is 1. The Bertz CT molecular complexity index is 541. The van der Waals surface area contributed by atoms with Crippen LogP contribution in [0.3, 0.4) is 0 Å². The van der Waals surface area contributed by atoms with E-state index < -0.39 is 0 Å². The predicted molar refractivity (Wildman–Crippen MR) is 77.8 cm³/mol.